The van der Waals surface area contributed by atoms with Crippen molar-refractivity contribution in [3.05, 3.63) is 23.7 Å². The molecule has 1 rings (SSSR count). The monoisotopic (exact) mass is 180 g/mol. The van der Waals surface area contributed by atoms with Gasteiger partial charge in [-0.15, -0.1) is 0 Å². The molecule has 0 saturated carbocycles. The third-order valence-corrected chi connectivity index (χ3v) is 2.53. The van der Waals surface area contributed by atoms with Crippen LogP contribution in [0, 0.1) is 12.8 Å². The number of hydrogen-bond acceptors (Lipinski definition) is 1. The van der Waals surface area contributed by atoms with Crippen LogP contribution in [-0.4, -0.2) is 0 Å². The lowest BCUT2D eigenvalue weighted by Gasteiger charge is -2.17. The summed E-state index contributed by atoms with van der Waals surface area (Å²) in [6.45, 7) is 8.76. The lowest BCUT2D eigenvalue weighted by atomic mass is 9.89. The molecule has 0 aromatic carbocycles. The Hall–Kier alpha value is -0.720. The van der Waals surface area contributed by atoms with Gasteiger partial charge in [0.1, 0.15) is 11.5 Å². The maximum Gasteiger partial charge on any atom is 0.107 e. The molecule has 1 nitrogen and oxygen atoms in total. The van der Waals surface area contributed by atoms with Crippen molar-refractivity contribution >= 4 is 0 Å². The maximum absolute atomic E-state index is 5.66. The summed E-state index contributed by atoms with van der Waals surface area (Å²) in [6, 6.07) is 4.18. The average Bonchev–Trinajstić information content (AvgIpc) is 2.46. The summed E-state index contributed by atoms with van der Waals surface area (Å²) in [7, 11) is 0. The Morgan fingerprint density at radius 1 is 1.31 bits per heavy atom. The predicted octanol–water partition coefficient (Wildman–Crippen LogP) is 4.13. The quantitative estimate of drug-likeness (QED) is 0.679. The van der Waals surface area contributed by atoms with E-state index in [9.17, 15) is 0 Å². The van der Waals surface area contributed by atoms with E-state index in [0.717, 1.165) is 11.5 Å². The van der Waals surface area contributed by atoms with Gasteiger partial charge in [-0.3, -0.25) is 0 Å². The second-order valence-electron chi connectivity index (χ2n) is 4.09. The van der Waals surface area contributed by atoms with E-state index in [1.54, 1.807) is 0 Å². The minimum absolute atomic E-state index is 0.596. The van der Waals surface area contributed by atoms with Crippen LogP contribution in [-0.2, 0) is 0 Å². The molecule has 1 heterocycles. The van der Waals surface area contributed by atoms with Gasteiger partial charge in [0.25, 0.3) is 0 Å². The summed E-state index contributed by atoms with van der Waals surface area (Å²) in [5.41, 5.74) is 0. The highest BCUT2D eigenvalue weighted by Crippen LogP contribution is 2.30. The molecule has 13 heavy (non-hydrogen) atoms. The Morgan fingerprint density at radius 2 is 2.00 bits per heavy atom. The van der Waals surface area contributed by atoms with Crippen LogP contribution in [0.2, 0.25) is 0 Å². The van der Waals surface area contributed by atoms with E-state index >= 15 is 0 Å². The van der Waals surface area contributed by atoms with E-state index in [0.29, 0.717) is 11.8 Å². The zero-order valence-corrected chi connectivity index (χ0v) is 9.13. The predicted molar refractivity (Wildman–Crippen MR) is 55.9 cm³/mol. The molecule has 1 aromatic heterocycles. The Kier molecular flexibility index (Phi) is 3.58. The number of furan rings is 1. The first-order valence-corrected chi connectivity index (χ1v) is 5.21. The molecular weight excluding hydrogens is 160 g/mol. The zero-order chi connectivity index (χ0) is 9.84. The van der Waals surface area contributed by atoms with Gasteiger partial charge in [0.15, 0.2) is 0 Å². The molecule has 74 valence electrons. The minimum atomic E-state index is 0.596. The summed E-state index contributed by atoms with van der Waals surface area (Å²) < 4.78 is 5.66. The van der Waals surface area contributed by atoms with Crippen molar-refractivity contribution in [2.24, 2.45) is 5.92 Å². The molecule has 1 heteroatoms. The fraction of sp³-hybridized carbons (Fsp3) is 0.667. The number of aryl methyl sites for hydroxylation is 1. The highest BCUT2D eigenvalue weighted by Gasteiger charge is 2.17. The van der Waals surface area contributed by atoms with Gasteiger partial charge in [0.05, 0.1) is 0 Å². The largest absolute Gasteiger partial charge is 0.466 e. The first-order chi connectivity index (χ1) is 6.15. The smallest absolute Gasteiger partial charge is 0.107 e. The molecule has 0 aliphatic heterocycles. The van der Waals surface area contributed by atoms with Gasteiger partial charge in [0, 0.05) is 5.92 Å². The summed E-state index contributed by atoms with van der Waals surface area (Å²) in [4.78, 5) is 0. The summed E-state index contributed by atoms with van der Waals surface area (Å²) >= 11 is 0. The van der Waals surface area contributed by atoms with E-state index in [4.69, 9.17) is 4.42 Å². The van der Waals surface area contributed by atoms with Crippen molar-refractivity contribution in [1.82, 2.24) is 0 Å². The van der Waals surface area contributed by atoms with Crippen LogP contribution < -0.4 is 0 Å². The van der Waals surface area contributed by atoms with E-state index < -0.39 is 0 Å². The standard InChI is InChI=1S/C12H20O/c1-5-6-11(9(2)3)12-8-7-10(4)13-12/h7-9,11H,5-6H2,1-4H3/t11-/m1/s1. The van der Waals surface area contributed by atoms with Gasteiger partial charge in [-0.05, 0) is 31.4 Å². The maximum atomic E-state index is 5.66. The van der Waals surface area contributed by atoms with Gasteiger partial charge >= 0.3 is 0 Å². The molecule has 1 atom stereocenters. The van der Waals surface area contributed by atoms with Crippen LogP contribution in [0.25, 0.3) is 0 Å². The zero-order valence-electron chi connectivity index (χ0n) is 9.13. The molecule has 0 bridgehead atoms. The summed E-state index contributed by atoms with van der Waals surface area (Å²) in [5, 5.41) is 0. The van der Waals surface area contributed by atoms with Crippen molar-refractivity contribution in [2.75, 3.05) is 0 Å². The Bertz CT molecular complexity index is 247. The van der Waals surface area contributed by atoms with Crippen LogP contribution in [0.3, 0.4) is 0 Å². The second kappa shape index (κ2) is 4.50. The molecule has 0 aliphatic carbocycles. The fourth-order valence-corrected chi connectivity index (χ4v) is 1.77. The van der Waals surface area contributed by atoms with E-state index in [1.807, 2.05) is 6.92 Å². The van der Waals surface area contributed by atoms with Crippen LogP contribution in [0.1, 0.15) is 51.1 Å². The van der Waals surface area contributed by atoms with Gasteiger partial charge in [-0.2, -0.15) is 0 Å². The molecule has 0 aliphatic rings. The van der Waals surface area contributed by atoms with Gasteiger partial charge in [0.2, 0.25) is 0 Å². The highest BCUT2D eigenvalue weighted by molar-refractivity contribution is 5.10. The normalized spacial score (nSPS) is 13.6. The van der Waals surface area contributed by atoms with Crippen LogP contribution in [0.5, 0.6) is 0 Å². The van der Waals surface area contributed by atoms with Gasteiger partial charge in [-0.1, -0.05) is 27.2 Å². The summed E-state index contributed by atoms with van der Waals surface area (Å²) in [6.07, 6.45) is 2.45. The Morgan fingerprint density at radius 3 is 2.38 bits per heavy atom. The molecule has 0 N–H and O–H groups in total. The molecule has 0 fully saturated rings. The average molecular weight is 180 g/mol. The molecule has 0 amide bonds. The van der Waals surface area contributed by atoms with E-state index in [-0.39, 0.29) is 0 Å². The van der Waals surface area contributed by atoms with Crippen molar-refractivity contribution in [3.8, 4) is 0 Å². The number of rotatable bonds is 4. The van der Waals surface area contributed by atoms with Crippen molar-refractivity contribution in [2.45, 2.75) is 46.5 Å². The van der Waals surface area contributed by atoms with Crippen LogP contribution in [0.4, 0.5) is 0 Å². The van der Waals surface area contributed by atoms with Crippen LogP contribution in [0.15, 0.2) is 16.5 Å². The highest BCUT2D eigenvalue weighted by atomic mass is 16.3. The van der Waals surface area contributed by atoms with Gasteiger partial charge in [-0.25, -0.2) is 0 Å². The molecule has 0 radical (unpaired) electrons. The van der Waals surface area contributed by atoms with E-state index in [1.165, 1.54) is 12.8 Å². The van der Waals surface area contributed by atoms with Crippen molar-refractivity contribution in [3.63, 3.8) is 0 Å². The lowest BCUT2D eigenvalue weighted by Crippen LogP contribution is -2.05. The second-order valence-corrected chi connectivity index (χ2v) is 4.09. The third-order valence-electron chi connectivity index (χ3n) is 2.53. The molecule has 0 spiro atoms. The Labute approximate surface area is 81.1 Å². The molecule has 0 saturated heterocycles. The first kappa shape index (κ1) is 10.4. The Balaban J connectivity index is 2.75. The van der Waals surface area contributed by atoms with Crippen molar-refractivity contribution < 1.29 is 4.42 Å². The topological polar surface area (TPSA) is 13.1 Å². The van der Waals surface area contributed by atoms with E-state index in [2.05, 4.69) is 32.9 Å². The lowest BCUT2D eigenvalue weighted by molar-refractivity contribution is 0.367. The fourth-order valence-electron chi connectivity index (χ4n) is 1.77. The van der Waals surface area contributed by atoms with Crippen molar-refractivity contribution in [1.29, 1.82) is 0 Å². The van der Waals surface area contributed by atoms with Crippen LogP contribution >= 0.6 is 0 Å². The molecule has 0 unspecified atom stereocenters. The number of hydrogen-bond donors (Lipinski definition) is 0. The SMILES string of the molecule is CCC[C@@H](c1ccc(C)o1)C(C)C. The molecular formula is C12H20O. The third kappa shape index (κ3) is 2.61. The minimum Gasteiger partial charge on any atom is -0.466 e. The first-order valence-electron chi connectivity index (χ1n) is 5.21. The summed E-state index contributed by atoms with van der Waals surface area (Å²) in [5.74, 6) is 3.45. The molecule has 1 aromatic rings. The van der Waals surface area contributed by atoms with Gasteiger partial charge < -0.3 is 4.42 Å².